The molecule has 9 heteroatoms. The van der Waals surface area contributed by atoms with Gasteiger partial charge in [-0.1, -0.05) is 52.3 Å². The third-order valence-corrected chi connectivity index (χ3v) is 6.70. The number of carbonyl (C=O) groups is 1. The second-order valence-electron chi connectivity index (χ2n) is 8.29. The highest BCUT2D eigenvalue weighted by Crippen LogP contribution is 2.37. The van der Waals surface area contributed by atoms with Gasteiger partial charge >= 0.3 is 0 Å². The van der Waals surface area contributed by atoms with E-state index in [-0.39, 0.29) is 12.5 Å². The van der Waals surface area contributed by atoms with Crippen LogP contribution in [0, 0.1) is 0 Å². The molecule has 0 radical (unpaired) electrons. The summed E-state index contributed by atoms with van der Waals surface area (Å²) in [5.41, 5.74) is 5.71. The van der Waals surface area contributed by atoms with Crippen LogP contribution < -0.4 is 24.4 Å². The van der Waals surface area contributed by atoms with Crippen LogP contribution in [-0.4, -0.2) is 26.3 Å². The third kappa shape index (κ3) is 7.84. The van der Waals surface area contributed by atoms with Crippen LogP contribution in [0.4, 0.5) is 0 Å². The fourth-order valence-electron chi connectivity index (χ4n) is 3.60. The number of hydrogen-bond acceptors (Lipinski definition) is 6. The predicted molar refractivity (Wildman–Crippen MR) is 158 cm³/mol. The number of methoxy groups -OCH3 is 2. The van der Waals surface area contributed by atoms with Crippen LogP contribution in [0.2, 0.25) is 0 Å². The van der Waals surface area contributed by atoms with Crippen LogP contribution in [0.1, 0.15) is 27.0 Å². The summed E-state index contributed by atoms with van der Waals surface area (Å²) in [6, 6.07) is 26.2. The summed E-state index contributed by atoms with van der Waals surface area (Å²) in [5, 5.41) is 4.06. The lowest BCUT2D eigenvalue weighted by molar-refractivity contribution is 0.0955. The molecule has 0 saturated heterocycles. The third-order valence-electron chi connectivity index (χ3n) is 5.59. The van der Waals surface area contributed by atoms with E-state index >= 15 is 0 Å². The molecule has 0 aliphatic rings. The number of ether oxygens (including phenoxy) is 4. The summed E-state index contributed by atoms with van der Waals surface area (Å²) >= 11 is 6.91. The maximum absolute atomic E-state index is 12.3. The zero-order chi connectivity index (χ0) is 27.6. The van der Waals surface area contributed by atoms with Crippen molar-refractivity contribution in [3.05, 3.63) is 116 Å². The molecule has 0 aliphatic carbocycles. The second kappa shape index (κ2) is 13.8. The summed E-state index contributed by atoms with van der Waals surface area (Å²) in [6.45, 7) is 0.724. The first-order valence-electron chi connectivity index (χ1n) is 11.9. The molecular formula is C30H26Br2N2O5. The van der Waals surface area contributed by atoms with Crippen LogP contribution in [0.15, 0.2) is 99.0 Å². The van der Waals surface area contributed by atoms with E-state index in [1.54, 1.807) is 44.6 Å². The van der Waals surface area contributed by atoms with Crippen LogP contribution in [0.3, 0.4) is 0 Å². The number of halogens is 2. The van der Waals surface area contributed by atoms with Crippen molar-refractivity contribution in [2.75, 3.05) is 14.2 Å². The number of carbonyl (C=O) groups excluding carboxylic acids is 1. The molecule has 0 aliphatic heterocycles. The van der Waals surface area contributed by atoms with Gasteiger partial charge in [-0.05, 0) is 81.2 Å². The van der Waals surface area contributed by atoms with Crippen molar-refractivity contribution in [3.8, 4) is 23.0 Å². The highest BCUT2D eigenvalue weighted by Gasteiger charge is 2.13. The minimum absolute atomic E-state index is 0.279. The summed E-state index contributed by atoms with van der Waals surface area (Å²) in [6.07, 6.45) is 1.53. The molecular weight excluding hydrogens is 628 g/mol. The van der Waals surface area contributed by atoms with E-state index in [1.165, 1.54) is 6.21 Å². The van der Waals surface area contributed by atoms with Gasteiger partial charge in [-0.3, -0.25) is 4.79 Å². The van der Waals surface area contributed by atoms with Crippen LogP contribution in [0.25, 0.3) is 0 Å². The molecule has 0 bridgehead atoms. The van der Waals surface area contributed by atoms with Gasteiger partial charge in [0.15, 0.2) is 23.0 Å². The van der Waals surface area contributed by atoms with Gasteiger partial charge < -0.3 is 18.9 Å². The Morgan fingerprint density at radius 3 is 2.23 bits per heavy atom. The quantitative estimate of drug-likeness (QED) is 0.137. The molecule has 0 atom stereocenters. The number of rotatable bonds is 11. The smallest absolute Gasteiger partial charge is 0.271 e. The number of nitrogens with zero attached hydrogens (tertiary/aromatic N) is 1. The maximum atomic E-state index is 12.3. The molecule has 0 fully saturated rings. The molecule has 39 heavy (non-hydrogen) atoms. The van der Waals surface area contributed by atoms with Crippen LogP contribution in [-0.2, 0) is 13.2 Å². The monoisotopic (exact) mass is 652 g/mol. The Bertz CT molecular complexity index is 1440. The van der Waals surface area contributed by atoms with Gasteiger partial charge in [-0.15, -0.1) is 0 Å². The Hall–Kier alpha value is -3.82. The molecule has 4 aromatic carbocycles. The van der Waals surface area contributed by atoms with Crippen molar-refractivity contribution in [2.24, 2.45) is 5.10 Å². The van der Waals surface area contributed by atoms with Gasteiger partial charge in [0, 0.05) is 10.0 Å². The Morgan fingerprint density at radius 2 is 1.51 bits per heavy atom. The summed E-state index contributed by atoms with van der Waals surface area (Å²) in [4.78, 5) is 12.3. The average Bonchev–Trinajstić information content (AvgIpc) is 2.96. The van der Waals surface area contributed by atoms with Crippen molar-refractivity contribution < 1.29 is 23.7 Å². The predicted octanol–water partition coefficient (Wildman–Crippen LogP) is 7.15. The minimum Gasteiger partial charge on any atom is -0.493 e. The van der Waals surface area contributed by atoms with Gasteiger partial charge in [-0.2, -0.15) is 5.10 Å². The molecule has 0 spiro atoms. The number of hydrazone groups is 1. The van der Waals surface area contributed by atoms with Gasteiger partial charge in [-0.25, -0.2) is 5.43 Å². The van der Waals surface area contributed by atoms with E-state index in [0.717, 1.165) is 15.6 Å². The highest BCUT2D eigenvalue weighted by molar-refractivity contribution is 9.10. The maximum Gasteiger partial charge on any atom is 0.271 e. The van der Waals surface area contributed by atoms with Crippen molar-refractivity contribution in [1.82, 2.24) is 5.43 Å². The molecule has 0 aromatic heterocycles. The SMILES string of the molecule is COc1cc(COc2c(Br)cc(/C=N/NC(=O)c3ccc(Br)cc3)cc2OC)ccc1OCc1ccccc1. The molecule has 0 heterocycles. The molecule has 1 amide bonds. The minimum atomic E-state index is -0.309. The van der Waals surface area contributed by atoms with E-state index in [4.69, 9.17) is 18.9 Å². The van der Waals surface area contributed by atoms with Crippen molar-refractivity contribution >= 4 is 44.0 Å². The average molecular weight is 654 g/mol. The Balaban J connectivity index is 1.39. The molecule has 7 nitrogen and oxygen atoms in total. The van der Waals surface area contributed by atoms with Gasteiger partial charge in [0.05, 0.1) is 24.9 Å². The number of amides is 1. The highest BCUT2D eigenvalue weighted by atomic mass is 79.9. The largest absolute Gasteiger partial charge is 0.493 e. The fraction of sp³-hybridized carbons (Fsp3) is 0.133. The van der Waals surface area contributed by atoms with E-state index in [1.807, 2.05) is 54.6 Å². The van der Waals surface area contributed by atoms with Gasteiger partial charge in [0.1, 0.15) is 13.2 Å². The van der Waals surface area contributed by atoms with E-state index < -0.39 is 0 Å². The first kappa shape index (κ1) is 28.2. The lowest BCUT2D eigenvalue weighted by Crippen LogP contribution is -2.17. The number of benzene rings is 4. The number of hydrogen-bond donors (Lipinski definition) is 1. The normalized spacial score (nSPS) is 10.8. The van der Waals surface area contributed by atoms with E-state index in [2.05, 4.69) is 42.4 Å². The summed E-state index contributed by atoms with van der Waals surface area (Å²) < 4.78 is 24.7. The molecule has 200 valence electrons. The van der Waals surface area contributed by atoms with Crippen LogP contribution >= 0.6 is 31.9 Å². The van der Waals surface area contributed by atoms with Crippen LogP contribution in [0.5, 0.6) is 23.0 Å². The van der Waals surface area contributed by atoms with Crippen molar-refractivity contribution in [2.45, 2.75) is 13.2 Å². The molecule has 4 aromatic rings. The van der Waals surface area contributed by atoms with Crippen molar-refractivity contribution in [1.29, 1.82) is 0 Å². The zero-order valence-corrected chi connectivity index (χ0v) is 24.5. The zero-order valence-electron chi connectivity index (χ0n) is 21.3. The van der Waals surface area contributed by atoms with Gasteiger partial charge in [0.25, 0.3) is 5.91 Å². The lowest BCUT2D eigenvalue weighted by Gasteiger charge is -2.15. The first-order valence-corrected chi connectivity index (χ1v) is 13.5. The summed E-state index contributed by atoms with van der Waals surface area (Å²) in [7, 11) is 3.17. The Labute approximate surface area is 244 Å². The number of nitrogens with one attached hydrogen (secondary N) is 1. The first-order chi connectivity index (χ1) is 19.0. The van der Waals surface area contributed by atoms with Crippen molar-refractivity contribution in [3.63, 3.8) is 0 Å². The molecule has 1 N–H and O–H groups in total. The fourth-order valence-corrected chi connectivity index (χ4v) is 4.44. The molecule has 0 saturated carbocycles. The second-order valence-corrected chi connectivity index (χ2v) is 10.1. The van der Waals surface area contributed by atoms with E-state index in [0.29, 0.717) is 45.2 Å². The van der Waals surface area contributed by atoms with Gasteiger partial charge in [0.2, 0.25) is 0 Å². The Kier molecular flexibility index (Phi) is 9.99. The molecule has 4 rings (SSSR count). The Morgan fingerprint density at radius 1 is 0.795 bits per heavy atom. The topological polar surface area (TPSA) is 78.4 Å². The molecule has 0 unspecified atom stereocenters. The standard InChI is InChI=1S/C30H26Br2N2O5/c1-36-27-15-21(8-13-26(27)38-18-20-6-4-3-5-7-20)19-39-29-25(32)14-22(16-28(29)37-2)17-33-34-30(35)23-9-11-24(31)12-10-23/h3-17H,18-19H2,1-2H3,(H,34,35)/b33-17+. The lowest BCUT2D eigenvalue weighted by atomic mass is 10.2. The summed E-state index contributed by atoms with van der Waals surface area (Å²) in [5.74, 6) is 2.02. The van der Waals surface area contributed by atoms with E-state index in [9.17, 15) is 4.79 Å².